The van der Waals surface area contributed by atoms with Gasteiger partial charge in [-0.25, -0.2) is 0 Å². The molecule has 0 N–H and O–H groups in total. The second-order valence-electron chi connectivity index (χ2n) is 5.64. The molecule has 0 bridgehead atoms. The van der Waals surface area contributed by atoms with E-state index in [4.69, 9.17) is 4.74 Å². The van der Waals surface area contributed by atoms with Gasteiger partial charge in [0, 0.05) is 19.0 Å². The predicted molar refractivity (Wildman–Crippen MR) is 81.7 cm³/mol. The highest BCUT2D eigenvalue weighted by Crippen LogP contribution is 2.12. The van der Waals surface area contributed by atoms with Crippen molar-refractivity contribution in [3.05, 3.63) is 0 Å². The minimum absolute atomic E-state index is 0.130. The molecule has 0 spiro atoms. The average molecular weight is 285 g/mol. The van der Waals surface area contributed by atoms with Gasteiger partial charge in [-0.3, -0.25) is 14.5 Å². The van der Waals surface area contributed by atoms with Crippen LogP contribution in [-0.2, 0) is 14.3 Å². The largest absolute Gasteiger partial charge is 0.466 e. The molecular formula is C16H31NO3. The average Bonchev–Trinajstić information content (AvgIpc) is 2.37. The van der Waals surface area contributed by atoms with Crippen molar-refractivity contribution < 1.29 is 14.3 Å². The summed E-state index contributed by atoms with van der Waals surface area (Å²) in [7, 11) is 0. The predicted octanol–water partition coefficient (Wildman–Crippen LogP) is 3.05. The van der Waals surface area contributed by atoms with E-state index in [0.29, 0.717) is 25.1 Å². The van der Waals surface area contributed by atoms with Crippen molar-refractivity contribution in [1.29, 1.82) is 0 Å². The molecule has 0 aliphatic carbocycles. The zero-order valence-corrected chi connectivity index (χ0v) is 13.8. The van der Waals surface area contributed by atoms with Gasteiger partial charge in [0.05, 0.1) is 19.6 Å². The number of nitrogens with zero attached hydrogens (tertiary/aromatic N) is 1. The molecule has 0 aromatic rings. The number of esters is 1. The van der Waals surface area contributed by atoms with E-state index in [9.17, 15) is 9.59 Å². The number of ether oxygens (including phenoxy) is 1. The van der Waals surface area contributed by atoms with Crippen molar-refractivity contribution >= 4 is 11.8 Å². The van der Waals surface area contributed by atoms with Gasteiger partial charge in [-0.1, -0.05) is 27.7 Å². The van der Waals surface area contributed by atoms with E-state index < -0.39 is 0 Å². The van der Waals surface area contributed by atoms with Crippen LogP contribution in [0.4, 0.5) is 0 Å². The van der Waals surface area contributed by atoms with Gasteiger partial charge in [0.25, 0.3) is 0 Å². The normalized spacial score (nSPS) is 11.4. The van der Waals surface area contributed by atoms with Gasteiger partial charge in [0.1, 0.15) is 5.78 Å². The summed E-state index contributed by atoms with van der Waals surface area (Å²) in [5.41, 5.74) is 0. The molecule has 0 aliphatic heterocycles. The summed E-state index contributed by atoms with van der Waals surface area (Å²) in [4.78, 5) is 25.6. The second kappa shape index (κ2) is 10.8. The Hall–Kier alpha value is -0.900. The molecule has 0 saturated carbocycles. The molecule has 0 saturated heterocycles. The van der Waals surface area contributed by atoms with Gasteiger partial charge in [0.2, 0.25) is 0 Å². The summed E-state index contributed by atoms with van der Waals surface area (Å²) in [6, 6.07) is 0.448. The first-order chi connectivity index (χ1) is 9.44. The lowest BCUT2D eigenvalue weighted by Crippen LogP contribution is -2.40. The minimum atomic E-state index is -0.279. The Morgan fingerprint density at radius 2 is 1.65 bits per heavy atom. The van der Waals surface area contributed by atoms with Crippen molar-refractivity contribution in [1.82, 2.24) is 4.90 Å². The number of rotatable bonds is 11. The van der Waals surface area contributed by atoms with E-state index >= 15 is 0 Å². The van der Waals surface area contributed by atoms with Crippen molar-refractivity contribution in [2.24, 2.45) is 5.92 Å². The van der Waals surface area contributed by atoms with E-state index in [1.807, 2.05) is 0 Å². The van der Waals surface area contributed by atoms with Gasteiger partial charge in [-0.05, 0) is 25.7 Å². The molecule has 0 aromatic heterocycles. The smallest absolute Gasteiger partial charge is 0.306 e. The highest BCUT2D eigenvalue weighted by molar-refractivity contribution is 5.84. The van der Waals surface area contributed by atoms with Gasteiger partial charge in [-0.2, -0.15) is 0 Å². The topological polar surface area (TPSA) is 46.6 Å². The van der Waals surface area contributed by atoms with Crippen LogP contribution in [0.15, 0.2) is 0 Å². The molecule has 118 valence electrons. The van der Waals surface area contributed by atoms with Crippen LogP contribution < -0.4 is 0 Å². The fourth-order valence-electron chi connectivity index (χ4n) is 2.40. The molecule has 20 heavy (non-hydrogen) atoms. The highest BCUT2D eigenvalue weighted by Gasteiger charge is 2.19. The monoisotopic (exact) mass is 285 g/mol. The molecule has 0 fully saturated rings. The molecule has 0 aliphatic rings. The van der Waals surface area contributed by atoms with Gasteiger partial charge in [-0.15, -0.1) is 0 Å². The van der Waals surface area contributed by atoms with Crippen LogP contribution in [-0.4, -0.2) is 42.4 Å². The molecular weight excluding hydrogens is 254 g/mol. The first kappa shape index (κ1) is 19.1. The van der Waals surface area contributed by atoms with Crippen molar-refractivity contribution in [3.8, 4) is 0 Å². The van der Waals surface area contributed by atoms with Gasteiger partial charge < -0.3 is 4.74 Å². The molecule has 0 aromatic carbocycles. The Morgan fingerprint density at radius 1 is 1.05 bits per heavy atom. The van der Waals surface area contributed by atoms with Crippen LogP contribution in [0.2, 0.25) is 0 Å². The zero-order chi connectivity index (χ0) is 15.5. The molecule has 0 unspecified atom stereocenters. The lowest BCUT2D eigenvalue weighted by Gasteiger charge is -2.31. The molecule has 0 radical (unpaired) electrons. The number of ketones is 1. The van der Waals surface area contributed by atoms with Crippen molar-refractivity contribution in [2.45, 2.75) is 66.3 Å². The van der Waals surface area contributed by atoms with Gasteiger partial charge in [0.15, 0.2) is 0 Å². The van der Waals surface area contributed by atoms with Gasteiger partial charge >= 0.3 is 5.97 Å². The summed E-state index contributed by atoms with van der Waals surface area (Å²) in [6.45, 7) is 12.2. The Bertz CT molecular complexity index is 285. The third kappa shape index (κ3) is 8.31. The SMILES string of the molecule is CCOC(=O)CCC(=O)CN(CC(C)C)C(CC)CC. The molecule has 0 rings (SSSR count). The number of carbonyl (C=O) groups is 2. The quantitative estimate of drug-likeness (QED) is 0.547. The van der Waals surface area contributed by atoms with Crippen LogP contribution in [0, 0.1) is 5.92 Å². The summed E-state index contributed by atoms with van der Waals surface area (Å²) in [6.07, 6.45) is 2.58. The van der Waals surface area contributed by atoms with E-state index in [1.54, 1.807) is 6.92 Å². The number of carbonyl (C=O) groups excluding carboxylic acids is 2. The molecule has 0 heterocycles. The maximum Gasteiger partial charge on any atom is 0.306 e. The molecule has 0 atom stereocenters. The van der Waals surface area contributed by atoms with Crippen LogP contribution in [0.1, 0.15) is 60.3 Å². The van der Waals surface area contributed by atoms with Crippen LogP contribution in [0.5, 0.6) is 0 Å². The lowest BCUT2D eigenvalue weighted by molar-refractivity contribution is -0.144. The minimum Gasteiger partial charge on any atom is -0.466 e. The van der Waals surface area contributed by atoms with E-state index in [0.717, 1.165) is 19.4 Å². The van der Waals surface area contributed by atoms with Crippen LogP contribution in [0.3, 0.4) is 0 Å². The summed E-state index contributed by atoms with van der Waals surface area (Å²) < 4.78 is 4.85. The van der Waals surface area contributed by atoms with E-state index in [1.165, 1.54) is 0 Å². The molecule has 0 amide bonds. The number of hydrogen-bond donors (Lipinski definition) is 0. The molecule has 4 heteroatoms. The Labute approximate surface area is 123 Å². The Kier molecular flexibility index (Phi) is 10.3. The number of hydrogen-bond acceptors (Lipinski definition) is 4. The fourth-order valence-corrected chi connectivity index (χ4v) is 2.40. The molecule has 4 nitrogen and oxygen atoms in total. The van der Waals surface area contributed by atoms with Crippen molar-refractivity contribution in [3.63, 3.8) is 0 Å². The third-order valence-corrected chi connectivity index (χ3v) is 3.35. The maximum absolute atomic E-state index is 12.0. The van der Waals surface area contributed by atoms with E-state index in [2.05, 4.69) is 32.6 Å². The Balaban J connectivity index is 4.34. The third-order valence-electron chi connectivity index (χ3n) is 3.35. The zero-order valence-electron chi connectivity index (χ0n) is 13.8. The van der Waals surface area contributed by atoms with Crippen LogP contribution in [0.25, 0.3) is 0 Å². The van der Waals surface area contributed by atoms with Crippen LogP contribution >= 0.6 is 0 Å². The second-order valence-corrected chi connectivity index (χ2v) is 5.64. The summed E-state index contributed by atoms with van der Waals surface area (Å²) in [5.74, 6) is 0.387. The summed E-state index contributed by atoms with van der Waals surface area (Å²) >= 11 is 0. The first-order valence-electron chi connectivity index (χ1n) is 7.85. The first-order valence-corrected chi connectivity index (χ1v) is 7.85. The lowest BCUT2D eigenvalue weighted by atomic mass is 10.1. The maximum atomic E-state index is 12.0. The number of Topliss-reactive ketones (excluding diaryl/α,β-unsaturated/α-hetero) is 1. The Morgan fingerprint density at radius 3 is 2.10 bits per heavy atom. The van der Waals surface area contributed by atoms with Crippen molar-refractivity contribution in [2.75, 3.05) is 19.7 Å². The fraction of sp³-hybridized carbons (Fsp3) is 0.875. The summed E-state index contributed by atoms with van der Waals surface area (Å²) in [5, 5.41) is 0. The standard InChI is InChI=1S/C16H31NO3/c1-6-14(7-2)17(11-13(4)5)12-15(18)9-10-16(19)20-8-3/h13-14H,6-12H2,1-5H3. The highest BCUT2D eigenvalue weighted by atomic mass is 16.5. The van der Waals surface area contributed by atoms with E-state index in [-0.39, 0.29) is 24.6 Å².